The topological polar surface area (TPSA) is 38.8 Å². The summed E-state index contributed by atoms with van der Waals surface area (Å²) in [4.78, 5) is 13.4. The van der Waals surface area contributed by atoms with Crippen molar-refractivity contribution in [3.05, 3.63) is 0 Å². The van der Waals surface area contributed by atoms with Gasteiger partial charge in [0.15, 0.2) is 0 Å². The van der Waals surface area contributed by atoms with Crippen molar-refractivity contribution in [2.24, 2.45) is 0 Å². The summed E-state index contributed by atoms with van der Waals surface area (Å²) in [5.41, 5.74) is -0.445. The quantitative estimate of drug-likeness (QED) is 0.636. The van der Waals surface area contributed by atoms with Crippen LogP contribution in [0.4, 0.5) is 0 Å². The molecule has 0 fully saturated rings. The van der Waals surface area contributed by atoms with Gasteiger partial charge in [0.25, 0.3) is 0 Å². The van der Waals surface area contributed by atoms with Crippen LogP contribution in [0.3, 0.4) is 0 Å². The van der Waals surface area contributed by atoms with Crippen molar-refractivity contribution in [1.82, 2.24) is 4.90 Å². The molecule has 0 N–H and O–H groups in total. The van der Waals surface area contributed by atoms with Gasteiger partial charge in [0, 0.05) is 7.11 Å². The first-order valence-electron chi connectivity index (χ1n) is 4.66. The minimum atomic E-state index is -0.445. The smallest absolute Gasteiger partial charge is 0.326 e. The summed E-state index contributed by atoms with van der Waals surface area (Å²) in [6, 6.07) is -0.334. The number of methoxy groups -OCH3 is 1. The van der Waals surface area contributed by atoms with Crippen molar-refractivity contribution in [1.29, 1.82) is 0 Å². The highest BCUT2D eigenvalue weighted by Crippen LogP contribution is 2.10. The highest BCUT2D eigenvalue weighted by Gasteiger charge is 2.26. The molecule has 0 saturated heterocycles. The second-order valence-corrected chi connectivity index (χ2v) is 4.47. The van der Waals surface area contributed by atoms with Gasteiger partial charge in [-0.15, -0.1) is 0 Å². The Morgan fingerprint density at radius 2 is 1.86 bits per heavy atom. The lowest BCUT2D eigenvalue weighted by Gasteiger charge is -2.26. The summed E-state index contributed by atoms with van der Waals surface area (Å²) in [5, 5.41) is 0. The molecule has 0 aromatic carbocycles. The van der Waals surface area contributed by atoms with Gasteiger partial charge in [-0.2, -0.15) is 0 Å². The molecule has 14 heavy (non-hydrogen) atoms. The second-order valence-electron chi connectivity index (χ2n) is 4.47. The zero-order valence-electron chi connectivity index (χ0n) is 9.96. The van der Waals surface area contributed by atoms with E-state index >= 15 is 0 Å². The van der Waals surface area contributed by atoms with Crippen molar-refractivity contribution in [3.63, 3.8) is 0 Å². The maximum atomic E-state index is 11.6. The van der Waals surface area contributed by atoms with Crippen LogP contribution in [0.5, 0.6) is 0 Å². The normalized spacial score (nSPS) is 14.2. The van der Waals surface area contributed by atoms with Crippen molar-refractivity contribution in [2.45, 2.75) is 32.4 Å². The summed E-state index contributed by atoms with van der Waals surface area (Å²) in [6.07, 6.45) is 0. The maximum Gasteiger partial charge on any atom is 0.326 e. The van der Waals surface area contributed by atoms with E-state index in [2.05, 4.69) is 0 Å². The number of carbonyl (C=O) groups excluding carboxylic acids is 1. The van der Waals surface area contributed by atoms with Crippen molar-refractivity contribution < 1.29 is 14.3 Å². The Bertz CT molecular complexity index is 184. The molecule has 0 unspecified atom stereocenters. The summed E-state index contributed by atoms with van der Waals surface area (Å²) in [6.45, 7) is 5.90. The highest BCUT2D eigenvalue weighted by atomic mass is 16.6. The van der Waals surface area contributed by atoms with Crippen LogP contribution in [0.15, 0.2) is 0 Å². The average Bonchev–Trinajstić information content (AvgIpc) is 1.95. The molecule has 0 bridgehead atoms. The second kappa shape index (κ2) is 5.32. The van der Waals surface area contributed by atoms with E-state index in [0.29, 0.717) is 6.61 Å². The summed E-state index contributed by atoms with van der Waals surface area (Å²) < 4.78 is 10.2. The number of likely N-dealkylation sites (N-methyl/N-ethyl adjacent to an activating group) is 1. The van der Waals surface area contributed by atoms with Crippen LogP contribution in [-0.2, 0) is 14.3 Å². The van der Waals surface area contributed by atoms with Gasteiger partial charge in [0.2, 0.25) is 0 Å². The van der Waals surface area contributed by atoms with E-state index in [0.717, 1.165) is 0 Å². The van der Waals surface area contributed by atoms with E-state index in [1.165, 1.54) is 0 Å². The van der Waals surface area contributed by atoms with Gasteiger partial charge in [-0.05, 0) is 34.9 Å². The van der Waals surface area contributed by atoms with Crippen molar-refractivity contribution in [3.8, 4) is 0 Å². The third-order valence-electron chi connectivity index (χ3n) is 1.63. The average molecular weight is 203 g/mol. The Morgan fingerprint density at radius 3 is 2.14 bits per heavy atom. The molecule has 0 aliphatic rings. The van der Waals surface area contributed by atoms with Crippen LogP contribution in [0.2, 0.25) is 0 Å². The SMILES string of the molecule is COC[C@@H](C(=O)OC(C)(C)C)N(C)C. The molecule has 0 spiro atoms. The van der Waals surface area contributed by atoms with Gasteiger partial charge >= 0.3 is 5.97 Å². The molecule has 0 heterocycles. The first kappa shape index (κ1) is 13.4. The van der Waals surface area contributed by atoms with E-state index in [9.17, 15) is 4.79 Å². The lowest BCUT2D eigenvalue weighted by Crippen LogP contribution is -2.43. The Morgan fingerprint density at radius 1 is 1.36 bits per heavy atom. The largest absolute Gasteiger partial charge is 0.459 e. The number of carbonyl (C=O) groups is 1. The summed E-state index contributed by atoms with van der Waals surface area (Å²) >= 11 is 0. The molecule has 0 aliphatic heterocycles. The zero-order chi connectivity index (χ0) is 11.4. The fourth-order valence-electron chi connectivity index (χ4n) is 0.956. The molecule has 0 rings (SSSR count). The lowest BCUT2D eigenvalue weighted by atomic mass is 10.2. The third-order valence-corrected chi connectivity index (χ3v) is 1.63. The highest BCUT2D eigenvalue weighted by molar-refractivity contribution is 5.76. The van der Waals surface area contributed by atoms with Gasteiger partial charge in [-0.3, -0.25) is 9.69 Å². The number of rotatable bonds is 4. The lowest BCUT2D eigenvalue weighted by molar-refractivity contribution is -0.162. The van der Waals surface area contributed by atoms with E-state index in [-0.39, 0.29) is 12.0 Å². The number of ether oxygens (including phenoxy) is 2. The molecule has 0 amide bonds. The standard InChI is InChI=1S/C10H21NO3/c1-10(2,3)14-9(12)8(7-13-6)11(4)5/h8H,7H2,1-6H3/t8-/m0/s1. The first-order chi connectivity index (χ1) is 6.28. The maximum absolute atomic E-state index is 11.6. The molecule has 0 radical (unpaired) electrons. The van der Waals surface area contributed by atoms with Crippen LogP contribution in [0, 0.1) is 0 Å². The van der Waals surface area contributed by atoms with Crippen molar-refractivity contribution >= 4 is 5.97 Å². The summed E-state index contributed by atoms with van der Waals surface area (Å²) in [7, 11) is 5.22. The molecule has 0 aromatic rings. The van der Waals surface area contributed by atoms with E-state index in [1.807, 2.05) is 34.9 Å². The zero-order valence-corrected chi connectivity index (χ0v) is 9.96. The molecule has 1 atom stereocenters. The third kappa shape index (κ3) is 5.19. The monoisotopic (exact) mass is 203 g/mol. The fraction of sp³-hybridized carbons (Fsp3) is 0.900. The van der Waals surface area contributed by atoms with Crippen LogP contribution in [-0.4, -0.2) is 50.3 Å². The van der Waals surface area contributed by atoms with E-state index in [1.54, 1.807) is 12.0 Å². The number of nitrogens with zero attached hydrogens (tertiary/aromatic N) is 1. The van der Waals surface area contributed by atoms with Gasteiger partial charge in [-0.1, -0.05) is 0 Å². The van der Waals surface area contributed by atoms with Gasteiger partial charge in [0.05, 0.1) is 6.61 Å². The predicted molar refractivity (Wildman–Crippen MR) is 55.2 cm³/mol. The Hall–Kier alpha value is -0.610. The minimum absolute atomic E-state index is 0.246. The van der Waals surface area contributed by atoms with E-state index in [4.69, 9.17) is 9.47 Å². The molecule has 4 nitrogen and oxygen atoms in total. The van der Waals surface area contributed by atoms with Gasteiger partial charge < -0.3 is 9.47 Å². The molecular weight excluding hydrogens is 182 g/mol. The predicted octanol–water partition coefficient (Wildman–Crippen LogP) is 0.905. The van der Waals surface area contributed by atoms with E-state index < -0.39 is 5.60 Å². The Balaban J connectivity index is 4.30. The fourth-order valence-corrected chi connectivity index (χ4v) is 0.956. The molecule has 0 aliphatic carbocycles. The summed E-state index contributed by atoms with van der Waals surface area (Å²) in [5.74, 6) is -0.246. The van der Waals surface area contributed by atoms with Crippen molar-refractivity contribution in [2.75, 3.05) is 27.8 Å². The molecule has 0 aromatic heterocycles. The molecule has 84 valence electrons. The first-order valence-corrected chi connectivity index (χ1v) is 4.66. The molecule has 0 saturated carbocycles. The van der Waals surface area contributed by atoms with Gasteiger partial charge in [0.1, 0.15) is 11.6 Å². The van der Waals surface area contributed by atoms with Crippen LogP contribution in [0.25, 0.3) is 0 Å². The van der Waals surface area contributed by atoms with Crippen LogP contribution < -0.4 is 0 Å². The minimum Gasteiger partial charge on any atom is -0.459 e. The number of hydrogen-bond acceptors (Lipinski definition) is 4. The molecule has 4 heteroatoms. The van der Waals surface area contributed by atoms with Gasteiger partial charge in [-0.25, -0.2) is 0 Å². The molecular formula is C10H21NO3. The van der Waals surface area contributed by atoms with Crippen LogP contribution >= 0.6 is 0 Å². The Labute approximate surface area is 86.2 Å². The van der Waals surface area contributed by atoms with Crippen LogP contribution in [0.1, 0.15) is 20.8 Å². The Kier molecular flexibility index (Phi) is 5.08. The number of esters is 1. The number of hydrogen-bond donors (Lipinski definition) is 0.